The number of fused-ring (bicyclic) bond motifs is 1. The SMILES string of the molecule is COC(=O)c1sc2cccc(F)c2c1CN1CC[C@H](O)C1. The third-order valence-corrected chi connectivity index (χ3v) is 4.94. The molecule has 1 fully saturated rings. The minimum atomic E-state index is -0.439. The van der Waals surface area contributed by atoms with Gasteiger partial charge in [0.25, 0.3) is 0 Å². The summed E-state index contributed by atoms with van der Waals surface area (Å²) in [7, 11) is 1.33. The number of thiophene rings is 1. The maximum absolute atomic E-state index is 14.2. The maximum atomic E-state index is 14.2. The summed E-state index contributed by atoms with van der Waals surface area (Å²) >= 11 is 1.25. The minimum absolute atomic E-state index is 0.325. The van der Waals surface area contributed by atoms with Crippen molar-refractivity contribution in [2.24, 2.45) is 0 Å². The molecule has 4 nitrogen and oxygen atoms in total. The second-order valence-electron chi connectivity index (χ2n) is 5.19. The fourth-order valence-corrected chi connectivity index (χ4v) is 3.90. The van der Waals surface area contributed by atoms with Crippen molar-refractivity contribution in [1.29, 1.82) is 0 Å². The Morgan fingerprint density at radius 3 is 3.05 bits per heavy atom. The van der Waals surface area contributed by atoms with Crippen molar-refractivity contribution >= 4 is 27.4 Å². The quantitative estimate of drug-likeness (QED) is 0.885. The number of carbonyl (C=O) groups is 1. The molecule has 1 N–H and O–H groups in total. The first-order chi connectivity index (χ1) is 10.1. The zero-order valence-electron chi connectivity index (χ0n) is 11.6. The molecular formula is C15H16FNO3S. The molecule has 1 aliphatic heterocycles. The Bertz CT molecular complexity index is 685. The van der Waals surface area contributed by atoms with Gasteiger partial charge in [0.2, 0.25) is 0 Å². The predicted molar refractivity (Wildman–Crippen MR) is 79.0 cm³/mol. The number of hydrogen-bond donors (Lipinski definition) is 1. The van der Waals surface area contributed by atoms with Crippen molar-refractivity contribution in [2.45, 2.75) is 19.1 Å². The molecule has 0 aliphatic carbocycles. The van der Waals surface area contributed by atoms with Gasteiger partial charge in [-0.25, -0.2) is 9.18 Å². The van der Waals surface area contributed by atoms with Crippen LogP contribution in [-0.4, -0.2) is 42.3 Å². The molecule has 0 amide bonds. The average Bonchev–Trinajstić information content (AvgIpc) is 3.03. The van der Waals surface area contributed by atoms with Gasteiger partial charge in [0, 0.05) is 35.3 Å². The predicted octanol–water partition coefficient (Wildman–Crippen LogP) is 2.39. The normalized spacial score (nSPS) is 19.3. The number of β-amino-alcohol motifs (C(OH)–C–C–N with tert-alkyl or cyclic N) is 1. The molecule has 1 aromatic carbocycles. The zero-order valence-corrected chi connectivity index (χ0v) is 12.5. The fourth-order valence-electron chi connectivity index (χ4n) is 2.76. The van der Waals surface area contributed by atoms with Gasteiger partial charge in [-0.3, -0.25) is 4.90 Å². The van der Waals surface area contributed by atoms with Gasteiger partial charge in [0.15, 0.2) is 0 Å². The molecule has 0 spiro atoms. The number of likely N-dealkylation sites (tertiary alicyclic amines) is 1. The van der Waals surface area contributed by atoms with Crippen LogP contribution in [0.2, 0.25) is 0 Å². The lowest BCUT2D eigenvalue weighted by molar-refractivity contribution is 0.0604. The summed E-state index contributed by atoms with van der Waals surface area (Å²) < 4.78 is 19.7. The number of aliphatic hydroxyl groups is 1. The fraction of sp³-hybridized carbons (Fsp3) is 0.400. The summed E-state index contributed by atoms with van der Waals surface area (Å²) in [5, 5.41) is 10.1. The smallest absolute Gasteiger partial charge is 0.348 e. The Kier molecular flexibility index (Phi) is 3.93. The molecule has 0 saturated carbocycles. The lowest BCUT2D eigenvalue weighted by atomic mass is 10.1. The number of nitrogens with zero attached hydrogens (tertiary/aromatic N) is 1. The van der Waals surface area contributed by atoms with Crippen molar-refractivity contribution in [3.8, 4) is 0 Å². The molecule has 1 atom stereocenters. The van der Waals surface area contributed by atoms with Crippen LogP contribution in [-0.2, 0) is 11.3 Å². The van der Waals surface area contributed by atoms with E-state index < -0.39 is 5.97 Å². The van der Waals surface area contributed by atoms with E-state index >= 15 is 0 Å². The van der Waals surface area contributed by atoms with Crippen LogP contribution in [0.15, 0.2) is 18.2 Å². The highest BCUT2D eigenvalue weighted by molar-refractivity contribution is 7.21. The van der Waals surface area contributed by atoms with Crippen molar-refractivity contribution in [1.82, 2.24) is 4.90 Å². The van der Waals surface area contributed by atoms with E-state index in [1.165, 1.54) is 24.5 Å². The number of benzene rings is 1. The number of ether oxygens (including phenoxy) is 1. The molecular weight excluding hydrogens is 293 g/mol. The topological polar surface area (TPSA) is 49.8 Å². The highest BCUT2D eigenvalue weighted by Crippen LogP contribution is 2.35. The number of carbonyl (C=O) groups excluding carboxylic acids is 1. The van der Waals surface area contributed by atoms with Crippen LogP contribution in [0.3, 0.4) is 0 Å². The van der Waals surface area contributed by atoms with E-state index in [2.05, 4.69) is 0 Å². The second kappa shape index (κ2) is 5.71. The molecule has 3 rings (SSSR count). The number of rotatable bonds is 3. The Morgan fingerprint density at radius 2 is 2.38 bits per heavy atom. The molecule has 2 heterocycles. The van der Waals surface area contributed by atoms with Gasteiger partial charge in [-0.2, -0.15) is 0 Å². The first-order valence-electron chi connectivity index (χ1n) is 6.78. The van der Waals surface area contributed by atoms with Crippen molar-refractivity contribution < 1.29 is 19.0 Å². The summed E-state index contributed by atoms with van der Waals surface area (Å²) in [6, 6.07) is 4.84. The van der Waals surface area contributed by atoms with E-state index in [1.807, 2.05) is 4.90 Å². The number of halogens is 1. The highest BCUT2D eigenvalue weighted by Gasteiger charge is 2.26. The molecule has 0 unspecified atom stereocenters. The van der Waals surface area contributed by atoms with E-state index in [0.29, 0.717) is 35.3 Å². The van der Waals surface area contributed by atoms with Gasteiger partial charge in [0.05, 0.1) is 13.2 Å². The standard InChI is InChI=1S/C15H16FNO3S/c1-20-15(19)14-10(8-17-6-5-9(18)7-17)13-11(16)3-2-4-12(13)21-14/h2-4,9,18H,5-8H2,1H3/t9-/m0/s1. The summed E-state index contributed by atoms with van der Waals surface area (Å²) in [6.07, 6.45) is 0.360. The summed E-state index contributed by atoms with van der Waals surface area (Å²) in [5.41, 5.74) is 0.661. The highest BCUT2D eigenvalue weighted by atomic mass is 32.1. The molecule has 0 bridgehead atoms. The number of hydrogen-bond acceptors (Lipinski definition) is 5. The molecule has 6 heteroatoms. The van der Waals surface area contributed by atoms with Gasteiger partial charge >= 0.3 is 5.97 Å². The summed E-state index contributed by atoms with van der Waals surface area (Å²) in [5.74, 6) is -0.765. The Labute approximate surface area is 125 Å². The second-order valence-corrected chi connectivity index (χ2v) is 6.24. The van der Waals surface area contributed by atoms with Crippen LogP contribution in [0, 0.1) is 5.82 Å². The van der Waals surface area contributed by atoms with Crippen LogP contribution in [0.25, 0.3) is 10.1 Å². The van der Waals surface area contributed by atoms with E-state index in [1.54, 1.807) is 12.1 Å². The third-order valence-electron chi connectivity index (χ3n) is 3.76. The van der Waals surface area contributed by atoms with Crippen LogP contribution in [0.4, 0.5) is 4.39 Å². The average molecular weight is 309 g/mol. The zero-order chi connectivity index (χ0) is 15.0. The van der Waals surface area contributed by atoms with E-state index in [9.17, 15) is 14.3 Å². The first-order valence-corrected chi connectivity index (χ1v) is 7.60. The minimum Gasteiger partial charge on any atom is -0.465 e. The molecule has 2 aromatic rings. The van der Waals surface area contributed by atoms with Gasteiger partial charge in [-0.15, -0.1) is 11.3 Å². The molecule has 21 heavy (non-hydrogen) atoms. The number of esters is 1. The monoisotopic (exact) mass is 309 g/mol. The molecule has 0 radical (unpaired) electrons. The van der Waals surface area contributed by atoms with E-state index in [0.717, 1.165) is 11.2 Å². The number of aliphatic hydroxyl groups excluding tert-OH is 1. The Morgan fingerprint density at radius 1 is 1.57 bits per heavy atom. The van der Waals surface area contributed by atoms with Crippen molar-refractivity contribution in [3.05, 3.63) is 34.5 Å². The van der Waals surface area contributed by atoms with E-state index in [-0.39, 0.29) is 11.9 Å². The Balaban J connectivity index is 2.06. The van der Waals surface area contributed by atoms with E-state index in [4.69, 9.17) is 4.74 Å². The van der Waals surface area contributed by atoms with Crippen molar-refractivity contribution in [2.75, 3.05) is 20.2 Å². The molecule has 1 aliphatic rings. The van der Waals surface area contributed by atoms with Gasteiger partial charge in [-0.1, -0.05) is 6.07 Å². The molecule has 112 valence electrons. The number of methoxy groups -OCH3 is 1. The molecule has 1 saturated heterocycles. The van der Waals surface area contributed by atoms with Gasteiger partial charge in [-0.05, 0) is 18.6 Å². The first kappa shape index (κ1) is 14.4. The van der Waals surface area contributed by atoms with Gasteiger partial charge in [0.1, 0.15) is 10.7 Å². The lowest BCUT2D eigenvalue weighted by Gasteiger charge is -2.15. The van der Waals surface area contributed by atoms with Crippen LogP contribution >= 0.6 is 11.3 Å². The summed E-state index contributed by atoms with van der Waals surface area (Å²) in [6.45, 7) is 1.74. The van der Waals surface area contributed by atoms with Crippen LogP contribution in [0.1, 0.15) is 21.7 Å². The van der Waals surface area contributed by atoms with Crippen LogP contribution in [0.5, 0.6) is 0 Å². The summed E-state index contributed by atoms with van der Waals surface area (Å²) in [4.78, 5) is 14.4. The Hall–Kier alpha value is -1.50. The third kappa shape index (κ3) is 2.66. The van der Waals surface area contributed by atoms with Crippen LogP contribution < -0.4 is 0 Å². The largest absolute Gasteiger partial charge is 0.465 e. The van der Waals surface area contributed by atoms with Crippen molar-refractivity contribution in [3.63, 3.8) is 0 Å². The van der Waals surface area contributed by atoms with Gasteiger partial charge < -0.3 is 9.84 Å². The lowest BCUT2D eigenvalue weighted by Crippen LogP contribution is -2.22. The maximum Gasteiger partial charge on any atom is 0.348 e. The molecule has 1 aromatic heterocycles.